The van der Waals surface area contributed by atoms with Gasteiger partial charge in [-0.2, -0.15) is 0 Å². The van der Waals surface area contributed by atoms with Gasteiger partial charge in [0.2, 0.25) is 5.91 Å². The molecule has 1 N–H and O–H groups in total. The smallest absolute Gasteiger partial charge is 0.299 e. The van der Waals surface area contributed by atoms with Gasteiger partial charge in [-0.05, 0) is 17.5 Å². The molecule has 0 aliphatic carbocycles. The minimum Gasteiger partial charge on any atom is -0.352 e. The Morgan fingerprint density at radius 3 is 2.53 bits per heavy atom. The maximum atomic E-state index is 12.7. The van der Waals surface area contributed by atoms with Gasteiger partial charge in [0.25, 0.3) is 11.1 Å². The molecule has 4 aromatic rings. The molecule has 0 bridgehead atoms. The molecular weight excluding hydrogens is 380 g/mol. The number of hydrogen-bond acceptors (Lipinski definition) is 5. The van der Waals surface area contributed by atoms with E-state index in [-0.39, 0.29) is 30.0 Å². The number of aromatic nitrogens is 3. The van der Waals surface area contributed by atoms with Crippen LogP contribution >= 0.6 is 0 Å². The molecule has 0 aliphatic rings. The molecule has 0 radical (unpaired) electrons. The predicted molar refractivity (Wildman–Crippen MR) is 114 cm³/mol. The maximum absolute atomic E-state index is 12.7. The average molecular weight is 402 g/mol. The Bertz CT molecular complexity index is 1210. The zero-order valence-corrected chi connectivity index (χ0v) is 16.7. The lowest BCUT2D eigenvalue weighted by Crippen LogP contribution is -2.27. The van der Waals surface area contributed by atoms with E-state index in [0.29, 0.717) is 17.8 Å². The van der Waals surface area contributed by atoms with Gasteiger partial charge in [0, 0.05) is 25.1 Å². The summed E-state index contributed by atoms with van der Waals surface area (Å²) in [6.07, 6.45) is 2.59. The van der Waals surface area contributed by atoms with Crippen molar-refractivity contribution in [3.8, 4) is 11.3 Å². The van der Waals surface area contributed by atoms with E-state index in [2.05, 4.69) is 34.5 Å². The van der Waals surface area contributed by atoms with Gasteiger partial charge in [-0.15, -0.1) is 0 Å². The van der Waals surface area contributed by atoms with E-state index in [1.54, 1.807) is 0 Å². The highest BCUT2D eigenvalue weighted by atomic mass is 16.5. The van der Waals surface area contributed by atoms with Gasteiger partial charge in [-0.25, -0.2) is 4.98 Å². The third kappa shape index (κ3) is 4.15. The summed E-state index contributed by atoms with van der Waals surface area (Å²) in [5.41, 5.74) is 3.81. The fourth-order valence-electron chi connectivity index (χ4n) is 3.20. The van der Waals surface area contributed by atoms with Crippen LogP contribution in [0, 0.1) is 0 Å². The van der Waals surface area contributed by atoms with Crippen molar-refractivity contribution >= 4 is 17.0 Å². The zero-order valence-electron chi connectivity index (χ0n) is 16.7. The number of aryl methyl sites for hydroxylation is 2. The monoisotopic (exact) mass is 402 g/mol. The summed E-state index contributed by atoms with van der Waals surface area (Å²) in [5, 5.41) is 6.89. The number of carbonyl (C=O) groups excluding carboxylic acids is 1. The number of hydrogen-bond donors (Lipinski definition) is 1. The van der Waals surface area contributed by atoms with Crippen LogP contribution in [0.4, 0.5) is 0 Å². The molecule has 0 fully saturated rings. The number of benzene rings is 2. The summed E-state index contributed by atoms with van der Waals surface area (Å²) < 4.78 is 6.63. The van der Waals surface area contributed by atoms with Crippen molar-refractivity contribution in [2.24, 2.45) is 0 Å². The van der Waals surface area contributed by atoms with Crippen molar-refractivity contribution in [2.75, 3.05) is 0 Å². The fraction of sp³-hybridized carbons (Fsp3) is 0.217. The van der Waals surface area contributed by atoms with Crippen LogP contribution in [0.3, 0.4) is 0 Å². The van der Waals surface area contributed by atoms with Gasteiger partial charge in [0.1, 0.15) is 11.2 Å². The van der Waals surface area contributed by atoms with Crippen molar-refractivity contribution in [3.63, 3.8) is 0 Å². The Hall–Kier alpha value is -3.74. The third-order valence-corrected chi connectivity index (χ3v) is 5.00. The number of nitrogens with one attached hydrogen (secondary N) is 1. The summed E-state index contributed by atoms with van der Waals surface area (Å²) in [5.74, 6) is -0.135. The molecule has 7 nitrogen and oxygen atoms in total. The number of amides is 1. The van der Waals surface area contributed by atoms with Crippen LogP contribution in [0.1, 0.15) is 24.5 Å². The van der Waals surface area contributed by atoms with Crippen LogP contribution in [-0.2, 0) is 24.3 Å². The van der Waals surface area contributed by atoms with Gasteiger partial charge >= 0.3 is 0 Å². The minimum absolute atomic E-state index is 0.0905. The molecule has 0 aliphatic heterocycles. The van der Waals surface area contributed by atoms with Gasteiger partial charge in [0.15, 0.2) is 0 Å². The van der Waals surface area contributed by atoms with Crippen molar-refractivity contribution in [2.45, 2.75) is 32.9 Å². The Labute approximate surface area is 173 Å². The molecule has 2 aromatic heterocycles. The molecule has 7 heteroatoms. The Kier molecular flexibility index (Phi) is 5.70. The highest BCUT2D eigenvalue weighted by Crippen LogP contribution is 2.23. The minimum atomic E-state index is -0.349. The quantitative estimate of drug-likeness (QED) is 0.512. The molecular formula is C23H22N4O3. The van der Waals surface area contributed by atoms with Crippen LogP contribution in [-0.4, -0.2) is 20.6 Å². The first-order chi connectivity index (χ1) is 14.7. The van der Waals surface area contributed by atoms with Crippen LogP contribution in [0.15, 0.2) is 70.2 Å². The normalized spacial score (nSPS) is 11.0. The zero-order chi connectivity index (χ0) is 20.9. The maximum Gasteiger partial charge on any atom is 0.299 e. The lowest BCUT2D eigenvalue weighted by Gasteiger charge is -2.07. The molecule has 0 saturated carbocycles. The average Bonchev–Trinajstić information content (AvgIpc) is 3.23. The molecule has 0 spiro atoms. The number of rotatable bonds is 7. The number of fused-ring (bicyclic) bond motifs is 1. The largest absolute Gasteiger partial charge is 0.352 e. The highest BCUT2D eigenvalue weighted by molar-refractivity contribution is 5.87. The van der Waals surface area contributed by atoms with Crippen LogP contribution in [0.2, 0.25) is 0 Å². The van der Waals surface area contributed by atoms with E-state index in [1.807, 2.05) is 42.5 Å². The first kappa shape index (κ1) is 19.6. The fourth-order valence-corrected chi connectivity index (χ4v) is 3.20. The van der Waals surface area contributed by atoms with Crippen molar-refractivity contribution in [3.05, 3.63) is 82.4 Å². The van der Waals surface area contributed by atoms with Crippen molar-refractivity contribution < 1.29 is 9.32 Å². The molecule has 2 aromatic carbocycles. The predicted octanol–water partition coefficient (Wildman–Crippen LogP) is 3.32. The highest BCUT2D eigenvalue weighted by Gasteiger charge is 2.16. The Morgan fingerprint density at radius 1 is 1.07 bits per heavy atom. The number of carbonyl (C=O) groups is 1. The van der Waals surface area contributed by atoms with Gasteiger partial charge in [-0.1, -0.05) is 66.7 Å². The third-order valence-electron chi connectivity index (χ3n) is 5.00. The molecule has 2 heterocycles. The van der Waals surface area contributed by atoms with Crippen LogP contribution in [0.25, 0.3) is 22.4 Å². The van der Waals surface area contributed by atoms with Crippen molar-refractivity contribution in [1.29, 1.82) is 0 Å². The summed E-state index contributed by atoms with van der Waals surface area (Å²) >= 11 is 0. The van der Waals surface area contributed by atoms with Crippen molar-refractivity contribution in [1.82, 2.24) is 20.0 Å². The second-order valence-electron chi connectivity index (χ2n) is 7.01. The Morgan fingerprint density at radius 2 is 1.80 bits per heavy atom. The van der Waals surface area contributed by atoms with E-state index >= 15 is 0 Å². The van der Waals surface area contributed by atoms with Gasteiger partial charge in [-0.3, -0.25) is 14.2 Å². The first-order valence-electron chi connectivity index (χ1n) is 9.90. The van der Waals surface area contributed by atoms with Crippen LogP contribution < -0.4 is 10.9 Å². The SMILES string of the molecule is CCc1ccc(CNC(=O)CCn2cnc3c(-c4ccccc4)noc3c2=O)cc1. The molecule has 1 amide bonds. The second kappa shape index (κ2) is 8.73. The topological polar surface area (TPSA) is 90.0 Å². The number of nitrogens with zero attached hydrogens (tertiary/aromatic N) is 3. The van der Waals surface area contributed by atoms with Gasteiger partial charge < -0.3 is 9.84 Å². The summed E-state index contributed by atoms with van der Waals surface area (Å²) in [7, 11) is 0. The molecule has 30 heavy (non-hydrogen) atoms. The molecule has 4 rings (SSSR count). The standard InChI is InChI=1S/C23H22N4O3/c1-2-16-8-10-17(11-9-16)14-24-19(28)12-13-27-15-25-21-20(18-6-4-3-5-7-18)26-30-22(21)23(27)29/h3-11,15H,2,12-14H2,1H3,(H,24,28). The lowest BCUT2D eigenvalue weighted by atomic mass is 10.1. The molecule has 152 valence electrons. The lowest BCUT2D eigenvalue weighted by molar-refractivity contribution is -0.121. The van der Waals surface area contributed by atoms with Crippen LogP contribution in [0.5, 0.6) is 0 Å². The summed E-state index contributed by atoms with van der Waals surface area (Å²) in [4.78, 5) is 29.2. The van der Waals surface area contributed by atoms with E-state index in [1.165, 1.54) is 16.5 Å². The summed E-state index contributed by atoms with van der Waals surface area (Å²) in [6, 6.07) is 17.6. The summed E-state index contributed by atoms with van der Waals surface area (Å²) in [6.45, 7) is 2.77. The molecule has 0 atom stereocenters. The van der Waals surface area contributed by atoms with E-state index in [4.69, 9.17) is 4.52 Å². The second-order valence-corrected chi connectivity index (χ2v) is 7.01. The van der Waals surface area contributed by atoms with E-state index in [9.17, 15) is 9.59 Å². The first-order valence-corrected chi connectivity index (χ1v) is 9.90. The van der Waals surface area contributed by atoms with Gasteiger partial charge in [0.05, 0.1) is 6.33 Å². The Balaban J connectivity index is 1.41. The van der Waals surface area contributed by atoms with E-state index in [0.717, 1.165) is 17.5 Å². The molecule has 0 unspecified atom stereocenters. The molecule has 0 saturated heterocycles. The van der Waals surface area contributed by atoms with E-state index < -0.39 is 0 Å².